The zero-order valence-corrected chi connectivity index (χ0v) is 13.7. The molecule has 118 valence electrons. The molecule has 7 heteroatoms. The summed E-state index contributed by atoms with van der Waals surface area (Å²) in [5.74, 6) is 0.778. The summed E-state index contributed by atoms with van der Waals surface area (Å²) in [5, 5.41) is 5.99. The van der Waals surface area contributed by atoms with E-state index < -0.39 is 11.9 Å². The normalized spacial score (nSPS) is 12.5. The fourth-order valence-corrected chi connectivity index (χ4v) is 3.05. The summed E-state index contributed by atoms with van der Waals surface area (Å²) < 4.78 is 0. The maximum atomic E-state index is 11.7. The molecule has 0 bridgehead atoms. The third-order valence-corrected chi connectivity index (χ3v) is 4.29. The predicted molar refractivity (Wildman–Crippen MR) is 92.1 cm³/mol. The van der Waals surface area contributed by atoms with Gasteiger partial charge in [-0.2, -0.15) is 0 Å². The second-order valence-corrected chi connectivity index (χ2v) is 6.41. The number of thiophene rings is 1. The van der Waals surface area contributed by atoms with Crippen LogP contribution < -0.4 is 11.1 Å². The summed E-state index contributed by atoms with van der Waals surface area (Å²) in [4.78, 5) is 25.9. The van der Waals surface area contributed by atoms with E-state index in [2.05, 4.69) is 20.3 Å². The van der Waals surface area contributed by atoms with Crippen LogP contribution in [0.2, 0.25) is 0 Å². The zero-order chi connectivity index (χ0) is 16.4. The second kappa shape index (κ2) is 6.29. The molecular formula is C16H17N5OS. The highest BCUT2D eigenvalue weighted by atomic mass is 32.1. The SMILES string of the molecule is CC(C)[C@H](Nc1nc(-c2ccccn2)nc2sccc12)C(N)=O. The Morgan fingerprint density at radius 2 is 2.09 bits per heavy atom. The molecule has 0 aliphatic heterocycles. The van der Waals surface area contributed by atoms with Gasteiger partial charge in [0, 0.05) is 6.20 Å². The van der Waals surface area contributed by atoms with Crippen LogP contribution in [0.5, 0.6) is 0 Å². The zero-order valence-electron chi connectivity index (χ0n) is 12.9. The quantitative estimate of drug-likeness (QED) is 0.751. The maximum absolute atomic E-state index is 11.7. The number of nitrogens with one attached hydrogen (secondary N) is 1. The van der Waals surface area contributed by atoms with Gasteiger partial charge in [-0.1, -0.05) is 19.9 Å². The molecule has 23 heavy (non-hydrogen) atoms. The molecule has 0 spiro atoms. The number of primary amides is 1. The minimum Gasteiger partial charge on any atom is -0.368 e. The van der Waals surface area contributed by atoms with Crippen LogP contribution in [0.1, 0.15) is 13.8 Å². The van der Waals surface area contributed by atoms with E-state index >= 15 is 0 Å². The molecule has 0 saturated heterocycles. The van der Waals surface area contributed by atoms with Gasteiger partial charge in [0.05, 0.1) is 5.39 Å². The Labute approximate surface area is 137 Å². The van der Waals surface area contributed by atoms with Gasteiger partial charge in [-0.05, 0) is 29.5 Å². The van der Waals surface area contributed by atoms with Crippen molar-refractivity contribution in [3.8, 4) is 11.5 Å². The number of carbonyl (C=O) groups excluding carboxylic acids is 1. The summed E-state index contributed by atoms with van der Waals surface area (Å²) in [5.41, 5.74) is 6.19. The third-order valence-electron chi connectivity index (χ3n) is 3.48. The predicted octanol–water partition coefficient (Wildman–Crippen LogP) is 2.68. The molecule has 0 saturated carbocycles. The molecule has 0 aliphatic rings. The first-order valence-electron chi connectivity index (χ1n) is 7.28. The van der Waals surface area contributed by atoms with Crippen LogP contribution in [-0.4, -0.2) is 26.9 Å². The largest absolute Gasteiger partial charge is 0.368 e. The third kappa shape index (κ3) is 3.14. The monoisotopic (exact) mass is 327 g/mol. The Kier molecular flexibility index (Phi) is 4.20. The molecule has 0 fully saturated rings. The van der Waals surface area contributed by atoms with Crippen molar-refractivity contribution in [3.05, 3.63) is 35.8 Å². The summed E-state index contributed by atoms with van der Waals surface area (Å²) in [6.45, 7) is 3.88. The van der Waals surface area contributed by atoms with Crippen molar-refractivity contribution < 1.29 is 4.79 Å². The fraction of sp³-hybridized carbons (Fsp3) is 0.250. The number of nitrogens with two attached hydrogens (primary N) is 1. The minimum absolute atomic E-state index is 0.0504. The van der Waals surface area contributed by atoms with Crippen LogP contribution in [0, 0.1) is 5.92 Å². The Morgan fingerprint density at radius 1 is 1.26 bits per heavy atom. The summed E-state index contributed by atoms with van der Waals surface area (Å²) >= 11 is 1.52. The molecule has 3 rings (SSSR count). The highest BCUT2D eigenvalue weighted by Gasteiger charge is 2.22. The molecule has 1 amide bonds. The minimum atomic E-state index is -0.496. The van der Waals surface area contributed by atoms with E-state index in [1.807, 2.05) is 43.5 Å². The van der Waals surface area contributed by atoms with Gasteiger partial charge in [0.25, 0.3) is 0 Å². The van der Waals surface area contributed by atoms with E-state index in [1.54, 1.807) is 6.20 Å². The summed E-state index contributed by atoms with van der Waals surface area (Å²) in [6.07, 6.45) is 1.70. The molecule has 6 nitrogen and oxygen atoms in total. The van der Waals surface area contributed by atoms with Gasteiger partial charge in [0.15, 0.2) is 5.82 Å². The molecule has 3 N–H and O–H groups in total. The van der Waals surface area contributed by atoms with Crippen molar-refractivity contribution >= 4 is 33.3 Å². The van der Waals surface area contributed by atoms with Crippen molar-refractivity contribution in [3.63, 3.8) is 0 Å². The molecule has 0 aliphatic carbocycles. The smallest absolute Gasteiger partial charge is 0.240 e. The van der Waals surface area contributed by atoms with Crippen molar-refractivity contribution in [2.75, 3.05) is 5.32 Å². The molecule has 3 heterocycles. The van der Waals surface area contributed by atoms with Crippen LogP contribution in [0.15, 0.2) is 35.8 Å². The topological polar surface area (TPSA) is 93.8 Å². The van der Waals surface area contributed by atoms with Gasteiger partial charge < -0.3 is 11.1 Å². The summed E-state index contributed by atoms with van der Waals surface area (Å²) in [7, 11) is 0. The highest BCUT2D eigenvalue weighted by molar-refractivity contribution is 7.16. The van der Waals surface area contributed by atoms with E-state index in [4.69, 9.17) is 5.73 Å². The van der Waals surface area contributed by atoms with Gasteiger partial charge in [0.1, 0.15) is 22.4 Å². The number of rotatable bonds is 5. The van der Waals surface area contributed by atoms with Gasteiger partial charge in [-0.25, -0.2) is 9.97 Å². The van der Waals surface area contributed by atoms with E-state index in [9.17, 15) is 4.79 Å². The number of hydrogen-bond donors (Lipinski definition) is 2. The first-order chi connectivity index (χ1) is 11.1. The number of amides is 1. The number of nitrogens with zero attached hydrogens (tertiary/aromatic N) is 3. The summed E-state index contributed by atoms with van der Waals surface area (Å²) in [6, 6.07) is 7.02. The van der Waals surface area contributed by atoms with Crippen molar-refractivity contribution in [2.24, 2.45) is 11.7 Å². The van der Waals surface area contributed by atoms with Crippen LogP contribution >= 0.6 is 11.3 Å². The molecule has 3 aromatic heterocycles. The van der Waals surface area contributed by atoms with E-state index in [0.29, 0.717) is 17.3 Å². The number of pyridine rings is 1. The lowest BCUT2D eigenvalue weighted by Crippen LogP contribution is -2.39. The first kappa shape index (κ1) is 15.4. The van der Waals surface area contributed by atoms with Gasteiger partial charge >= 0.3 is 0 Å². The van der Waals surface area contributed by atoms with Crippen molar-refractivity contribution in [1.82, 2.24) is 15.0 Å². The molecule has 0 radical (unpaired) electrons. The Balaban J connectivity index is 2.08. The van der Waals surface area contributed by atoms with Gasteiger partial charge in [-0.15, -0.1) is 11.3 Å². The lowest BCUT2D eigenvalue weighted by Gasteiger charge is -2.20. The number of anilines is 1. The average molecular weight is 327 g/mol. The molecule has 0 unspecified atom stereocenters. The Morgan fingerprint density at radius 3 is 2.74 bits per heavy atom. The molecule has 3 aromatic rings. The number of aromatic nitrogens is 3. The van der Waals surface area contributed by atoms with Crippen LogP contribution in [0.4, 0.5) is 5.82 Å². The fourth-order valence-electron chi connectivity index (χ4n) is 2.29. The Hall–Kier alpha value is -2.54. The highest BCUT2D eigenvalue weighted by Crippen LogP contribution is 2.28. The standard InChI is InChI=1S/C16H17N5OS/c1-9(2)12(13(17)22)19-14-10-6-8-23-16(10)21-15(20-14)11-5-3-4-7-18-11/h3-9,12H,1-2H3,(H2,17,22)(H,19,20,21)/t12-/m0/s1. The van der Waals surface area contributed by atoms with E-state index in [-0.39, 0.29) is 5.92 Å². The van der Waals surface area contributed by atoms with E-state index in [1.165, 1.54) is 11.3 Å². The average Bonchev–Trinajstić information content (AvgIpc) is 3.01. The first-order valence-corrected chi connectivity index (χ1v) is 8.16. The molecule has 1 atom stereocenters. The lowest BCUT2D eigenvalue weighted by atomic mass is 10.0. The number of fused-ring (bicyclic) bond motifs is 1. The Bertz CT molecular complexity index is 831. The number of carbonyl (C=O) groups is 1. The van der Waals surface area contributed by atoms with Gasteiger partial charge in [-0.3, -0.25) is 9.78 Å². The number of hydrogen-bond acceptors (Lipinski definition) is 6. The second-order valence-electron chi connectivity index (χ2n) is 5.52. The van der Waals surface area contributed by atoms with Crippen LogP contribution in [0.3, 0.4) is 0 Å². The van der Waals surface area contributed by atoms with Crippen molar-refractivity contribution in [2.45, 2.75) is 19.9 Å². The maximum Gasteiger partial charge on any atom is 0.240 e. The molecule has 0 aromatic carbocycles. The van der Waals surface area contributed by atoms with Crippen LogP contribution in [-0.2, 0) is 4.79 Å². The van der Waals surface area contributed by atoms with Crippen molar-refractivity contribution in [1.29, 1.82) is 0 Å². The molecular weight excluding hydrogens is 310 g/mol. The van der Waals surface area contributed by atoms with Crippen LogP contribution in [0.25, 0.3) is 21.7 Å². The van der Waals surface area contributed by atoms with Gasteiger partial charge in [0.2, 0.25) is 5.91 Å². The lowest BCUT2D eigenvalue weighted by molar-refractivity contribution is -0.119. The van der Waals surface area contributed by atoms with E-state index in [0.717, 1.165) is 10.2 Å².